The van der Waals surface area contributed by atoms with Gasteiger partial charge in [-0.05, 0) is 74.9 Å². The van der Waals surface area contributed by atoms with Crippen molar-refractivity contribution in [3.8, 4) is 28.3 Å². The van der Waals surface area contributed by atoms with Crippen LogP contribution >= 0.6 is 11.6 Å². The molecule has 0 fully saturated rings. The molecule has 5 aromatic rings. The first-order valence-electron chi connectivity index (χ1n) is 12.4. The number of rotatable bonds is 6. The Balaban J connectivity index is 1.63. The second kappa shape index (κ2) is 10.8. The number of nitrogens with one attached hydrogen (secondary N) is 1. The molecule has 0 aliphatic rings. The molecule has 3 heterocycles. The highest BCUT2D eigenvalue weighted by atomic mass is 35.5. The van der Waals surface area contributed by atoms with Crippen LogP contribution in [0.15, 0.2) is 66.9 Å². The summed E-state index contributed by atoms with van der Waals surface area (Å²) in [5.74, 6) is -0.713. The van der Waals surface area contributed by atoms with E-state index in [1.54, 1.807) is 31.2 Å². The van der Waals surface area contributed by atoms with E-state index in [0.29, 0.717) is 39.5 Å². The Bertz CT molecular complexity index is 1790. The number of fused-ring (bicyclic) bond motifs is 1. The number of aromatic nitrogens is 4. The number of ether oxygens (including phenoxy) is 1. The largest absolute Gasteiger partial charge is 0.487 e. The second-order valence-electron chi connectivity index (χ2n) is 9.47. The van der Waals surface area contributed by atoms with Crippen molar-refractivity contribution >= 4 is 29.0 Å². The highest BCUT2D eigenvalue weighted by Gasteiger charge is 2.31. The van der Waals surface area contributed by atoms with Crippen molar-refractivity contribution in [1.29, 1.82) is 0 Å². The highest BCUT2D eigenvalue weighted by Crippen LogP contribution is 2.37. The molecule has 41 heavy (non-hydrogen) atoms. The van der Waals surface area contributed by atoms with Gasteiger partial charge in [0.05, 0.1) is 17.4 Å². The maximum atomic E-state index is 14.1. The Morgan fingerprint density at radius 1 is 1.05 bits per heavy atom. The molecule has 3 aromatic heterocycles. The lowest BCUT2D eigenvalue weighted by atomic mass is 10.0. The Hall–Kier alpha value is -4.51. The molecule has 0 radical (unpaired) electrons. The van der Waals surface area contributed by atoms with Crippen molar-refractivity contribution < 1.29 is 27.1 Å². The van der Waals surface area contributed by atoms with Crippen LogP contribution in [0.3, 0.4) is 0 Å². The predicted octanol–water partition coefficient (Wildman–Crippen LogP) is 7.62. The summed E-state index contributed by atoms with van der Waals surface area (Å²) in [6, 6.07) is 13.3. The molecule has 7 nitrogen and oxygen atoms in total. The van der Waals surface area contributed by atoms with E-state index in [1.165, 1.54) is 28.9 Å². The van der Waals surface area contributed by atoms with Gasteiger partial charge < -0.3 is 10.1 Å². The SMILES string of the molecule is Cc1cc(-c2nc3c(OC(C)C)cc(Cl)nn3c2-c2ccnc(NC(=O)c3cccc(C(F)(F)F)c3)c2)ccc1F. The number of hydrogen-bond acceptors (Lipinski definition) is 5. The molecular formula is C29H22ClF4N5O2. The van der Waals surface area contributed by atoms with Crippen molar-refractivity contribution in [2.24, 2.45) is 0 Å². The van der Waals surface area contributed by atoms with Crippen molar-refractivity contribution in [1.82, 2.24) is 19.6 Å². The summed E-state index contributed by atoms with van der Waals surface area (Å²) in [5.41, 5.74) is 1.57. The second-order valence-corrected chi connectivity index (χ2v) is 9.86. The third-order valence-corrected chi connectivity index (χ3v) is 6.23. The van der Waals surface area contributed by atoms with Gasteiger partial charge in [0.1, 0.15) is 17.3 Å². The van der Waals surface area contributed by atoms with Gasteiger partial charge in [0, 0.05) is 29.0 Å². The van der Waals surface area contributed by atoms with E-state index in [2.05, 4.69) is 15.4 Å². The first-order chi connectivity index (χ1) is 19.4. The summed E-state index contributed by atoms with van der Waals surface area (Å²) in [4.78, 5) is 21.8. The number of alkyl halides is 3. The number of pyridine rings is 1. The normalized spacial score (nSPS) is 11.7. The third-order valence-electron chi connectivity index (χ3n) is 6.04. The molecule has 0 aliphatic carbocycles. The minimum absolute atomic E-state index is 0.0711. The van der Waals surface area contributed by atoms with Gasteiger partial charge in [-0.3, -0.25) is 4.79 Å². The summed E-state index contributed by atoms with van der Waals surface area (Å²) in [5, 5.41) is 7.10. The summed E-state index contributed by atoms with van der Waals surface area (Å²) >= 11 is 6.34. The van der Waals surface area contributed by atoms with Crippen LogP contribution in [0.2, 0.25) is 5.15 Å². The number of amides is 1. The molecule has 0 bridgehead atoms. The minimum Gasteiger partial charge on any atom is -0.487 e. The van der Waals surface area contributed by atoms with Crippen LogP contribution in [-0.4, -0.2) is 31.6 Å². The zero-order valence-corrected chi connectivity index (χ0v) is 22.7. The van der Waals surface area contributed by atoms with E-state index in [4.69, 9.17) is 21.3 Å². The molecule has 210 valence electrons. The maximum absolute atomic E-state index is 14.1. The maximum Gasteiger partial charge on any atom is 0.416 e. The van der Waals surface area contributed by atoms with Gasteiger partial charge in [0.15, 0.2) is 16.5 Å². The van der Waals surface area contributed by atoms with Gasteiger partial charge in [-0.15, -0.1) is 0 Å². The number of nitrogens with zero attached hydrogens (tertiary/aromatic N) is 4. The first-order valence-corrected chi connectivity index (χ1v) is 12.8. The van der Waals surface area contributed by atoms with Crippen LogP contribution < -0.4 is 10.1 Å². The number of aryl methyl sites for hydroxylation is 1. The summed E-state index contributed by atoms with van der Waals surface area (Å²) in [6.45, 7) is 5.33. The number of carbonyl (C=O) groups excluding carboxylic acids is 1. The predicted molar refractivity (Wildman–Crippen MR) is 147 cm³/mol. The smallest absolute Gasteiger partial charge is 0.416 e. The number of hydrogen-bond donors (Lipinski definition) is 1. The molecule has 0 saturated carbocycles. The molecule has 12 heteroatoms. The van der Waals surface area contributed by atoms with Crippen LogP contribution in [-0.2, 0) is 6.18 Å². The van der Waals surface area contributed by atoms with Gasteiger partial charge in [0.25, 0.3) is 5.91 Å². The quantitative estimate of drug-likeness (QED) is 0.208. The fraction of sp³-hybridized carbons (Fsp3) is 0.172. The van der Waals surface area contributed by atoms with Gasteiger partial charge in [-0.1, -0.05) is 17.7 Å². The lowest BCUT2D eigenvalue weighted by Crippen LogP contribution is -2.14. The molecule has 0 aliphatic heterocycles. The molecule has 1 amide bonds. The first kappa shape index (κ1) is 28.0. The Labute approximate surface area is 236 Å². The Morgan fingerprint density at radius 2 is 1.83 bits per heavy atom. The summed E-state index contributed by atoms with van der Waals surface area (Å²) < 4.78 is 61.0. The van der Waals surface area contributed by atoms with E-state index in [1.807, 2.05) is 13.8 Å². The molecule has 0 saturated heterocycles. The van der Waals surface area contributed by atoms with Crippen molar-refractivity contribution in [2.45, 2.75) is 33.1 Å². The number of benzene rings is 2. The van der Waals surface area contributed by atoms with E-state index in [-0.39, 0.29) is 28.5 Å². The molecule has 5 rings (SSSR count). The molecule has 0 spiro atoms. The average molecular weight is 584 g/mol. The zero-order valence-electron chi connectivity index (χ0n) is 21.9. The van der Waals surface area contributed by atoms with Crippen LogP contribution in [0.1, 0.15) is 35.3 Å². The number of anilines is 1. The van der Waals surface area contributed by atoms with Crippen molar-refractivity contribution in [3.05, 3.63) is 94.5 Å². The van der Waals surface area contributed by atoms with Crippen LogP contribution in [0.25, 0.3) is 28.2 Å². The van der Waals surface area contributed by atoms with Gasteiger partial charge in [0.2, 0.25) is 0 Å². The number of carbonyl (C=O) groups is 1. The van der Waals surface area contributed by atoms with E-state index < -0.39 is 17.6 Å². The molecule has 0 unspecified atom stereocenters. The van der Waals surface area contributed by atoms with Crippen LogP contribution in [0.4, 0.5) is 23.4 Å². The highest BCUT2D eigenvalue weighted by molar-refractivity contribution is 6.29. The Morgan fingerprint density at radius 3 is 2.54 bits per heavy atom. The van der Waals surface area contributed by atoms with Crippen molar-refractivity contribution in [3.63, 3.8) is 0 Å². The summed E-state index contributed by atoms with van der Waals surface area (Å²) in [6.07, 6.45) is -3.38. The standard InChI is InChI=1S/C29H22ClF4N5O2/c1-15(2)41-22-14-23(30)38-39-26(25(37-27(22)39)17-7-8-21(31)16(3)11-17)18-9-10-35-24(13-18)36-28(40)19-5-4-6-20(12-19)29(32,33)34/h4-15H,1-3H3,(H,35,36,40). The number of imidazole rings is 1. The lowest BCUT2D eigenvalue weighted by Gasteiger charge is -2.12. The monoisotopic (exact) mass is 583 g/mol. The fourth-order valence-corrected chi connectivity index (χ4v) is 4.41. The minimum atomic E-state index is -4.60. The van der Waals surface area contributed by atoms with Gasteiger partial charge >= 0.3 is 6.18 Å². The fourth-order valence-electron chi connectivity index (χ4n) is 4.23. The van der Waals surface area contributed by atoms with Crippen LogP contribution in [0, 0.1) is 12.7 Å². The molecular weight excluding hydrogens is 562 g/mol. The molecule has 1 N–H and O–H groups in total. The average Bonchev–Trinajstić information content (AvgIpc) is 3.29. The summed E-state index contributed by atoms with van der Waals surface area (Å²) in [7, 11) is 0. The van der Waals surface area contributed by atoms with E-state index in [0.717, 1.165) is 18.2 Å². The Kier molecular flexibility index (Phi) is 7.39. The topological polar surface area (TPSA) is 81.4 Å². The van der Waals surface area contributed by atoms with Gasteiger partial charge in [-0.2, -0.15) is 18.3 Å². The van der Waals surface area contributed by atoms with Crippen LogP contribution in [0.5, 0.6) is 5.75 Å². The van der Waals surface area contributed by atoms with Gasteiger partial charge in [-0.25, -0.2) is 18.9 Å². The lowest BCUT2D eigenvalue weighted by molar-refractivity contribution is -0.137. The van der Waals surface area contributed by atoms with Crippen molar-refractivity contribution in [2.75, 3.05) is 5.32 Å². The van der Waals surface area contributed by atoms with E-state index >= 15 is 0 Å². The third kappa shape index (κ3) is 5.85. The number of halogens is 5. The molecule has 2 aromatic carbocycles. The zero-order chi connectivity index (χ0) is 29.5. The molecule has 0 atom stereocenters. The van der Waals surface area contributed by atoms with E-state index in [9.17, 15) is 22.4 Å².